The molecule has 0 saturated heterocycles. The van der Waals surface area contributed by atoms with Crippen LogP contribution >= 0.6 is 0 Å². The molecule has 0 fully saturated rings. The quantitative estimate of drug-likeness (QED) is 0.839. The molecule has 0 heterocycles. The van der Waals surface area contributed by atoms with Crippen molar-refractivity contribution in [1.29, 1.82) is 5.26 Å². The SMILES string of the molecule is CCN(CC(C)C#N)c1ccc(C(C)O)c(O)c1. The molecular formula is C14H20N2O2. The van der Waals surface area contributed by atoms with Gasteiger partial charge in [-0.3, -0.25) is 0 Å². The van der Waals surface area contributed by atoms with E-state index in [4.69, 9.17) is 5.26 Å². The lowest BCUT2D eigenvalue weighted by Crippen LogP contribution is -2.27. The lowest BCUT2D eigenvalue weighted by atomic mass is 10.1. The summed E-state index contributed by atoms with van der Waals surface area (Å²) in [5.74, 6) is 0.0223. The van der Waals surface area contributed by atoms with Crippen LogP contribution in [0.25, 0.3) is 0 Å². The molecule has 0 amide bonds. The van der Waals surface area contributed by atoms with Crippen molar-refractivity contribution in [3.05, 3.63) is 23.8 Å². The molecule has 0 aliphatic heterocycles. The van der Waals surface area contributed by atoms with Crippen LogP contribution in [0.3, 0.4) is 0 Å². The van der Waals surface area contributed by atoms with E-state index >= 15 is 0 Å². The number of aliphatic hydroxyl groups excluding tert-OH is 1. The Morgan fingerprint density at radius 2 is 2.06 bits per heavy atom. The standard InChI is InChI=1S/C14H20N2O2/c1-4-16(9-10(2)8-15)12-5-6-13(11(3)17)14(18)7-12/h5-7,10-11,17-18H,4,9H2,1-3H3. The highest BCUT2D eigenvalue weighted by molar-refractivity contribution is 5.54. The van der Waals surface area contributed by atoms with Gasteiger partial charge in [0.1, 0.15) is 5.75 Å². The van der Waals surface area contributed by atoms with Crippen molar-refractivity contribution in [3.63, 3.8) is 0 Å². The van der Waals surface area contributed by atoms with E-state index < -0.39 is 6.10 Å². The highest BCUT2D eigenvalue weighted by Gasteiger charge is 2.13. The largest absolute Gasteiger partial charge is 0.507 e. The monoisotopic (exact) mass is 248 g/mol. The van der Waals surface area contributed by atoms with Gasteiger partial charge in [-0.25, -0.2) is 0 Å². The highest BCUT2D eigenvalue weighted by Crippen LogP contribution is 2.29. The van der Waals surface area contributed by atoms with Gasteiger partial charge in [0.15, 0.2) is 0 Å². The average molecular weight is 248 g/mol. The average Bonchev–Trinajstić information content (AvgIpc) is 2.34. The van der Waals surface area contributed by atoms with Crippen LogP contribution in [0.15, 0.2) is 18.2 Å². The number of benzene rings is 1. The molecule has 0 spiro atoms. The van der Waals surface area contributed by atoms with E-state index in [-0.39, 0.29) is 11.7 Å². The minimum Gasteiger partial charge on any atom is -0.507 e. The fourth-order valence-corrected chi connectivity index (χ4v) is 1.87. The van der Waals surface area contributed by atoms with Crippen molar-refractivity contribution in [2.45, 2.75) is 26.9 Å². The van der Waals surface area contributed by atoms with E-state index in [9.17, 15) is 10.2 Å². The fraction of sp³-hybridized carbons (Fsp3) is 0.500. The van der Waals surface area contributed by atoms with Crippen LogP contribution in [0.4, 0.5) is 5.69 Å². The third kappa shape index (κ3) is 3.38. The molecule has 0 aromatic heterocycles. The predicted molar refractivity (Wildman–Crippen MR) is 71.4 cm³/mol. The summed E-state index contributed by atoms with van der Waals surface area (Å²) in [4.78, 5) is 2.03. The van der Waals surface area contributed by atoms with Gasteiger partial charge in [-0.1, -0.05) is 6.07 Å². The van der Waals surface area contributed by atoms with Crippen LogP contribution in [0, 0.1) is 17.2 Å². The van der Waals surface area contributed by atoms with E-state index in [1.807, 2.05) is 24.8 Å². The first-order chi connectivity index (χ1) is 8.49. The van der Waals surface area contributed by atoms with Gasteiger partial charge in [0, 0.05) is 30.4 Å². The molecular weight excluding hydrogens is 228 g/mol. The van der Waals surface area contributed by atoms with Gasteiger partial charge < -0.3 is 15.1 Å². The maximum absolute atomic E-state index is 9.85. The molecule has 4 heteroatoms. The molecule has 0 aliphatic rings. The number of rotatable bonds is 5. The smallest absolute Gasteiger partial charge is 0.123 e. The topological polar surface area (TPSA) is 67.5 Å². The maximum Gasteiger partial charge on any atom is 0.123 e. The first-order valence-corrected chi connectivity index (χ1v) is 6.15. The number of hydrogen-bond donors (Lipinski definition) is 2. The van der Waals surface area contributed by atoms with Crippen LogP contribution in [-0.2, 0) is 0 Å². The lowest BCUT2D eigenvalue weighted by Gasteiger charge is -2.25. The summed E-state index contributed by atoms with van der Waals surface area (Å²) in [6, 6.07) is 7.41. The second kappa shape index (κ2) is 6.27. The first-order valence-electron chi connectivity index (χ1n) is 6.15. The van der Waals surface area contributed by atoms with Gasteiger partial charge >= 0.3 is 0 Å². The molecule has 2 unspecified atom stereocenters. The Balaban J connectivity index is 2.95. The van der Waals surface area contributed by atoms with E-state index in [0.717, 1.165) is 12.2 Å². The van der Waals surface area contributed by atoms with Crippen molar-refractivity contribution in [2.75, 3.05) is 18.0 Å². The van der Waals surface area contributed by atoms with Crippen molar-refractivity contribution in [2.24, 2.45) is 5.92 Å². The van der Waals surface area contributed by atoms with Crippen LogP contribution in [0.1, 0.15) is 32.4 Å². The maximum atomic E-state index is 9.85. The second-order valence-corrected chi connectivity index (χ2v) is 4.49. The minimum absolute atomic E-state index is 0.0662. The molecule has 0 aliphatic carbocycles. The van der Waals surface area contributed by atoms with Crippen LogP contribution < -0.4 is 4.90 Å². The zero-order chi connectivity index (χ0) is 13.7. The van der Waals surface area contributed by atoms with Crippen LogP contribution in [0.2, 0.25) is 0 Å². The van der Waals surface area contributed by atoms with E-state index in [1.54, 1.807) is 19.1 Å². The lowest BCUT2D eigenvalue weighted by molar-refractivity contribution is 0.195. The summed E-state index contributed by atoms with van der Waals surface area (Å²) < 4.78 is 0. The molecule has 98 valence electrons. The molecule has 0 radical (unpaired) electrons. The molecule has 2 atom stereocenters. The molecule has 2 N–H and O–H groups in total. The molecule has 18 heavy (non-hydrogen) atoms. The molecule has 1 rings (SSSR count). The Morgan fingerprint density at radius 3 is 2.50 bits per heavy atom. The van der Waals surface area contributed by atoms with Crippen LogP contribution in [-0.4, -0.2) is 23.3 Å². The van der Waals surface area contributed by atoms with Crippen molar-refractivity contribution < 1.29 is 10.2 Å². The summed E-state index contributed by atoms with van der Waals surface area (Å²) in [7, 11) is 0. The number of phenols is 1. The van der Waals surface area contributed by atoms with Gasteiger partial charge in [0.2, 0.25) is 0 Å². The zero-order valence-corrected chi connectivity index (χ0v) is 11.1. The summed E-state index contributed by atoms with van der Waals surface area (Å²) in [5.41, 5.74) is 1.38. The van der Waals surface area contributed by atoms with Crippen molar-refractivity contribution in [1.82, 2.24) is 0 Å². The van der Waals surface area contributed by atoms with Gasteiger partial charge in [-0.05, 0) is 26.8 Å². The third-order valence-electron chi connectivity index (χ3n) is 2.93. The number of aromatic hydroxyl groups is 1. The fourth-order valence-electron chi connectivity index (χ4n) is 1.87. The van der Waals surface area contributed by atoms with Crippen molar-refractivity contribution in [3.8, 4) is 11.8 Å². The van der Waals surface area contributed by atoms with Crippen molar-refractivity contribution >= 4 is 5.69 Å². The van der Waals surface area contributed by atoms with Gasteiger partial charge in [0.25, 0.3) is 0 Å². The number of hydrogen-bond acceptors (Lipinski definition) is 4. The Hall–Kier alpha value is -1.73. The number of nitrogens with zero attached hydrogens (tertiary/aromatic N) is 2. The summed E-state index contributed by atoms with van der Waals surface area (Å²) >= 11 is 0. The van der Waals surface area contributed by atoms with Gasteiger partial charge in [0.05, 0.1) is 18.1 Å². The normalized spacial score (nSPS) is 13.7. The van der Waals surface area contributed by atoms with Crippen LogP contribution in [0.5, 0.6) is 5.75 Å². The summed E-state index contributed by atoms with van der Waals surface area (Å²) in [6.45, 7) is 6.88. The Bertz CT molecular complexity index is 438. The van der Waals surface area contributed by atoms with Gasteiger partial charge in [-0.15, -0.1) is 0 Å². The Morgan fingerprint density at radius 1 is 1.39 bits per heavy atom. The Kier molecular flexibility index (Phi) is 4.99. The molecule has 0 saturated carbocycles. The minimum atomic E-state index is -0.688. The Labute approximate surface area is 108 Å². The van der Waals surface area contributed by atoms with E-state index in [2.05, 4.69) is 6.07 Å². The number of phenolic OH excluding ortho intramolecular Hbond substituents is 1. The van der Waals surface area contributed by atoms with E-state index in [1.165, 1.54) is 0 Å². The number of nitriles is 1. The third-order valence-corrected chi connectivity index (χ3v) is 2.93. The summed E-state index contributed by atoms with van der Waals surface area (Å²) in [6.07, 6.45) is -0.688. The highest BCUT2D eigenvalue weighted by atomic mass is 16.3. The predicted octanol–water partition coefficient (Wildman–Crippen LogP) is 2.43. The molecule has 1 aromatic carbocycles. The molecule has 0 bridgehead atoms. The number of aliphatic hydroxyl groups is 1. The van der Waals surface area contributed by atoms with Gasteiger partial charge in [-0.2, -0.15) is 5.26 Å². The van der Waals surface area contributed by atoms with E-state index in [0.29, 0.717) is 12.1 Å². The first kappa shape index (κ1) is 14.3. The molecule has 1 aromatic rings. The second-order valence-electron chi connectivity index (χ2n) is 4.49. The number of anilines is 1. The summed E-state index contributed by atoms with van der Waals surface area (Å²) in [5, 5.41) is 28.1. The zero-order valence-electron chi connectivity index (χ0n) is 11.1. The molecule has 4 nitrogen and oxygen atoms in total.